The molecule has 0 aromatic heterocycles. The van der Waals surface area contributed by atoms with Crippen LogP contribution in [0.4, 0.5) is 23.7 Å². The highest BCUT2D eigenvalue weighted by atomic mass is 19.4. The Bertz CT molecular complexity index is 758. The molecule has 126 valence electrons. The minimum absolute atomic E-state index is 0.126. The molecule has 0 fully saturated rings. The van der Waals surface area contributed by atoms with Crippen LogP contribution < -0.4 is 4.90 Å². The summed E-state index contributed by atoms with van der Waals surface area (Å²) in [6.45, 7) is 0.715. The zero-order valence-electron chi connectivity index (χ0n) is 13.2. The van der Waals surface area contributed by atoms with Gasteiger partial charge in [0.05, 0.1) is 5.56 Å². The zero-order chi connectivity index (χ0) is 17.3. The molecule has 0 bridgehead atoms. The number of carbonyl (C=O) groups excluding carboxylic acids is 1. The summed E-state index contributed by atoms with van der Waals surface area (Å²) in [6.07, 6.45) is -3.59. The lowest BCUT2D eigenvalue weighted by Gasteiger charge is -2.25. The number of rotatable bonds is 2. The Morgan fingerprint density at radius 3 is 2.67 bits per heavy atom. The number of para-hydroxylation sites is 1. The van der Waals surface area contributed by atoms with Crippen molar-refractivity contribution in [3.05, 3.63) is 65.2 Å². The third-order valence-corrected chi connectivity index (χ3v) is 4.12. The van der Waals surface area contributed by atoms with E-state index >= 15 is 0 Å². The lowest BCUT2D eigenvalue weighted by molar-refractivity contribution is -0.137. The van der Waals surface area contributed by atoms with Crippen LogP contribution in [-0.4, -0.2) is 24.5 Å². The van der Waals surface area contributed by atoms with E-state index in [2.05, 4.69) is 0 Å². The first-order valence-corrected chi connectivity index (χ1v) is 7.63. The van der Waals surface area contributed by atoms with E-state index in [1.54, 1.807) is 18.0 Å². The lowest BCUT2D eigenvalue weighted by Crippen LogP contribution is -2.39. The molecule has 6 heteroatoms. The van der Waals surface area contributed by atoms with Crippen molar-refractivity contribution in [3.8, 4) is 0 Å². The average molecular weight is 334 g/mol. The maximum Gasteiger partial charge on any atom is 0.416 e. The number of hydrogen-bond acceptors (Lipinski definition) is 1. The second-order valence-electron chi connectivity index (χ2n) is 5.87. The molecule has 2 aromatic carbocycles. The lowest BCUT2D eigenvalue weighted by atomic mass is 10.1. The SMILES string of the molecule is CN(Cc1cccc(C(F)(F)F)c1)C(=O)N1CCc2ccccc21. The highest BCUT2D eigenvalue weighted by molar-refractivity contribution is 5.94. The molecule has 24 heavy (non-hydrogen) atoms. The number of fused-ring (bicyclic) bond motifs is 1. The molecule has 0 radical (unpaired) electrons. The van der Waals surface area contributed by atoms with E-state index in [1.165, 1.54) is 11.0 Å². The van der Waals surface area contributed by atoms with Crippen LogP contribution >= 0.6 is 0 Å². The molecule has 1 aliphatic heterocycles. The van der Waals surface area contributed by atoms with Crippen LogP contribution in [0.3, 0.4) is 0 Å². The van der Waals surface area contributed by atoms with E-state index in [-0.39, 0.29) is 12.6 Å². The fourth-order valence-corrected chi connectivity index (χ4v) is 2.93. The van der Waals surface area contributed by atoms with Gasteiger partial charge in [-0.2, -0.15) is 13.2 Å². The highest BCUT2D eigenvalue weighted by Gasteiger charge is 2.31. The molecule has 0 unspecified atom stereocenters. The van der Waals surface area contributed by atoms with E-state index in [4.69, 9.17) is 0 Å². The van der Waals surface area contributed by atoms with E-state index in [9.17, 15) is 18.0 Å². The maximum atomic E-state index is 12.8. The Labute approximate surface area is 138 Å². The fourth-order valence-electron chi connectivity index (χ4n) is 2.93. The van der Waals surface area contributed by atoms with Gasteiger partial charge in [-0.1, -0.05) is 30.3 Å². The van der Waals surface area contributed by atoms with Gasteiger partial charge in [-0.05, 0) is 35.7 Å². The van der Waals surface area contributed by atoms with Gasteiger partial charge in [0.1, 0.15) is 0 Å². The number of amides is 2. The summed E-state index contributed by atoms with van der Waals surface area (Å²) < 4.78 is 38.4. The van der Waals surface area contributed by atoms with Crippen LogP contribution in [0, 0.1) is 0 Å². The van der Waals surface area contributed by atoms with Crippen molar-refractivity contribution in [2.75, 3.05) is 18.5 Å². The molecule has 1 heterocycles. The first kappa shape index (κ1) is 16.4. The van der Waals surface area contributed by atoms with Crippen LogP contribution in [0.5, 0.6) is 0 Å². The standard InChI is InChI=1S/C18H17F3N2O/c1-22(12-13-5-4-7-15(11-13)18(19,20)21)17(24)23-10-9-14-6-2-3-8-16(14)23/h2-8,11H,9-10,12H2,1H3. The monoisotopic (exact) mass is 334 g/mol. The number of halogens is 3. The second-order valence-corrected chi connectivity index (χ2v) is 5.87. The van der Waals surface area contributed by atoms with Crippen molar-refractivity contribution in [1.29, 1.82) is 0 Å². The molecule has 1 aliphatic rings. The molecule has 3 nitrogen and oxygen atoms in total. The summed E-state index contributed by atoms with van der Waals surface area (Å²) in [4.78, 5) is 15.7. The van der Waals surface area contributed by atoms with Gasteiger partial charge >= 0.3 is 12.2 Å². The summed E-state index contributed by atoms with van der Waals surface area (Å²) in [7, 11) is 1.60. The second kappa shape index (κ2) is 6.19. The molecule has 0 spiro atoms. The molecule has 3 rings (SSSR count). The number of carbonyl (C=O) groups is 1. The van der Waals surface area contributed by atoms with Crippen molar-refractivity contribution < 1.29 is 18.0 Å². The number of alkyl halides is 3. The minimum atomic E-state index is -4.38. The largest absolute Gasteiger partial charge is 0.416 e. The van der Waals surface area contributed by atoms with Crippen molar-refractivity contribution >= 4 is 11.7 Å². The molecule has 0 N–H and O–H groups in total. The first-order chi connectivity index (χ1) is 11.4. The third-order valence-electron chi connectivity index (χ3n) is 4.12. The smallest absolute Gasteiger partial charge is 0.323 e. The summed E-state index contributed by atoms with van der Waals surface area (Å²) in [5.74, 6) is 0. The van der Waals surface area contributed by atoms with Gasteiger partial charge < -0.3 is 4.90 Å². The summed E-state index contributed by atoms with van der Waals surface area (Å²) in [5, 5.41) is 0. The molecule has 0 aliphatic carbocycles. The highest BCUT2D eigenvalue weighted by Crippen LogP contribution is 2.30. The fraction of sp³-hybridized carbons (Fsp3) is 0.278. The van der Waals surface area contributed by atoms with Crippen LogP contribution in [0.2, 0.25) is 0 Å². The summed E-state index contributed by atoms with van der Waals surface area (Å²) >= 11 is 0. The zero-order valence-corrected chi connectivity index (χ0v) is 13.2. The van der Waals surface area contributed by atoms with Crippen LogP contribution in [-0.2, 0) is 19.1 Å². The van der Waals surface area contributed by atoms with Crippen molar-refractivity contribution in [3.63, 3.8) is 0 Å². The maximum absolute atomic E-state index is 12.8. The summed E-state index contributed by atoms with van der Waals surface area (Å²) in [6, 6.07) is 12.5. The topological polar surface area (TPSA) is 23.6 Å². The Balaban J connectivity index is 1.74. The Hall–Kier alpha value is -2.50. The van der Waals surface area contributed by atoms with Gasteiger partial charge in [0.2, 0.25) is 0 Å². The van der Waals surface area contributed by atoms with E-state index in [0.29, 0.717) is 12.1 Å². The number of hydrogen-bond donors (Lipinski definition) is 0. The van der Waals surface area contributed by atoms with Gasteiger partial charge in [-0.3, -0.25) is 4.90 Å². The third kappa shape index (κ3) is 3.22. The summed E-state index contributed by atoms with van der Waals surface area (Å²) in [5.41, 5.74) is 1.73. The number of anilines is 1. The Morgan fingerprint density at radius 1 is 1.17 bits per heavy atom. The van der Waals surface area contributed by atoms with E-state index in [0.717, 1.165) is 29.8 Å². The van der Waals surface area contributed by atoms with Crippen molar-refractivity contribution in [2.45, 2.75) is 19.1 Å². The van der Waals surface area contributed by atoms with Crippen LogP contribution in [0.15, 0.2) is 48.5 Å². The predicted octanol–water partition coefficient (Wildman–Crippen LogP) is 4.32. The van der Waals surface area contributed by atoms with Crippen LogP contribution in [0.1, 0.15) is 16.7 Å². The van der Waals surface area contributed by atoms with Gasteiger partial charge in [0, 0.05) is 25.8 Å². The average Bonchev–Trinajstić information content (AvgIpc) is 2.97. The molecule has 0 atom stereocenters. The first-order valence-electron chi connectivity index (χ1n) is 7.63. The molecule has 0 saturated heterocycles. The van der Waals surface area contributed by atoms with Gasteiger partial charge in [0.15, 0.2) is 0 Å². The number of nitrogens with zero attached hydrogens (tertiary/aromatic N) is 2. The number of benzene rings is 2. The Kier molecular flexibility index (Phi) is 4.22. The minimum Gasteiger partial charge on any atom is -0.323 e. The molecule has 2 aromatic rings. The molecule has 2 amide bonds. The normalized spacial score (nSPS) is 13.8. The quantitative estimate of drug-likeness (QED) is 0.802. The molecular weight excluding hydrogens is 317 g/mol. The van der Waals surface area contributed by atoms with E-state index < -0.39 is 11.7 Å². The van der Waals surface area contributed by atoms with Gasteiger partial charge in [-0.15, -0.1) is 0 Å². The number of urea groups is 1. The van der Waals surface area contributed by atoms with Crippen molar-refractivity contribution in [1.82, 2.24) is 4.90 Å². The van der Waals surface area contributed by atoms with Gasteiger partial charge in [-0.25, -0.2) is 4.79 Å². The van der Waals surface area contributed by atoms with E-state index in [1.807, 2.05) is 24.3 Å². The molecule has 0 saturated carbocycles. The van der Waals surface area contributed by atoms with Crippen molar-refractivity contribution in [2.24, 2.45) is 0 Å². The molecular formula is C18H17F3N2O. The van der Waals surface area contributed by atoms with Gasteiger partial charge in [0.25, 0.3) is 0 Å². The Morgan fingerprint density at radius 2 is 1.92 bits per heavy atom. The predicted molar refractivity (Wildman–Crippen MR) is 85.8 cm³/mol. The van der Waals surface area contributed by atoms with Crippen LogP contribution in [0.25, 0.3) is 0 Å².